The molecule has 0 fully saturated rings. The van der Waals surface area contributed by atoms with Gasteiger partial charge in [0.25, 0.3) is 0 Å². The van der Waals surface area contributed by atoms with Crippen LogP contribution in [0.25, 0.3) is 0 Å². The predicted molar refractivity (Wildman–Crippen MR) is 109 cm³/mol. The smallest absolute Gasteiger partial charge is 0.416 e. The lowest BCUT2D eigenvalue weighted by Crippen LogP contribution is -2.48. The van der Waals surface area contributed by atoms with E-state index < -0.39 is 29.4 Å². The van der Waals surface area contributed by atoms with Crippen LogP contribution in [0.4, 0.5) is 13.2 Å². The number of ether oxygens (including phenoxy) is 1. The number of carboxylic acids is 1. The second kappa shape index (κ2) is 9.51. The van der Waals surface area contributed by atoms with E-state index in [0.29, 0.717) is 5.56 Å². The zero-order valence-corrected chi connectivity index (χ0v) is 17.8. The Morgan fingerprint density at radius 3 is 1.94 bits per heavy atom. The van der Waals surface area contributed by atoms with Crippen LogP contribution in [0.1, 0.15) is 54.7 Å². The van der Waals surface area contributed by atoms with Gasteiger partial charge in [-0.25, -0.2) is 4.79 Å². The summed E-state index contributed by atoms with van der Waals surface area (Å²) in [6, 6.07) is 10.8. The van der Waals surface area contributed by atoms with E-state index in [9.17, 15) is 22.8 Å². The molecule has 1 unspecified atom stereocenters. The van der Waals surface area contributed by atoms with Crippen LogP contribution in [0.5, 0.6) is 0 Å². The maximum Gasteiger partial charge on any atom is 0.416 e. The van der Waals surface area contributed by atoms with Crippen molar-refractivity contribution in [2.75, 3.05) is 0 Å². The molecule has 2 aromatic carbocycles. The normalized spacial score (nSPS) is 13.2. The van der Waals surface area contributed by atoms with Gasteiger partial charge in [-0.2, -0.15) is 13.2 Å². The summed E-state index contributed by atoms with van der Waals surface area (Å²) in [7, 11) is 0. The van der Waals surface area contributed by atoms with Gasteiger partial charge in [0.1, 0.15) is 6.10 Å². The molecule has 0 bridgehead atoms. The monoisotopic (exact) mass is 437 g/mol. The van der Waals surface area contributed by atoms with E-state index in [1.54, 1.807) is 26.0 Å². The Morgan fingerprint density at radius 1 is 0.968 bits per heavy atom. The highest BCUT2D eigenvalue weighted by Crippen LogP contribution is 2.29. The van der Waals surface area contributed by atoms with Gasteiger partial charge in [0.2, 0.25) is 5.91 Å². The molecule has 0 aliphatic rings. The number of aromatic carboxylic acids is 1. The second-order valence-electron chi connectivity index (χ2n) is 8.17. The summed E-state index contributed by atoms with van der Waals surface area (Å²) in [6.45, 7) is 7.18. The summed E-state index contributed by atoms with van der Waals surface area (Å²) in [5.74, 6) is -1.58. The largest absolute Gasteiger partial charge is 0.478 e. The Balaban J connectivity index is 2.06. The van der Waals surface area contributed by atoms with Crippen LogP contribution in [-0.2, 0) is 27.9 Å². The first kappa shape index (κ1) is 24.4. The predicted octanol–water partition coefficient (Wildman–Crippen LogP) is 5.00. The lowest BCUT2D eigenvalue weighted by atomic mass is 9.92. The van der Waals surface area contributed by atoms with Crippen LogP contribution in [-0.4, -0.2) is 23.1 Å². The van der Waals surface area contributed by atoms with Crippen molar-refractivity contribution in [2.45, 2.75) is 52.1 Å². The van der Waals surface area contributed by atoms with Crippen LogP contribution in [0.2, 0.25) is 0 Å². The van der Waals surface area contributed by atoms with Crippen LogP contribution < -0.4 is 5.32 Å². The van der Waals surface area contributed by atoms with Crippen LogP contribution in [0.15, 0.2) is 48.5 Å². The molecule has 1 atom stereocenters. The number of hydrogen-bond acceptors (Lipinski definition) is 3. The van der Waals surface area contributed by atoms with Crippen molar-refractivity contribution in [3.8, 4) is 0 Å². The third kappa shape index (κ3) is 6.55. The third-order valence-electron chi connectivity index (χ3n) is 4.86. The first-order valence-corrected chi connectivity index (χ1v) is 9.75. The maximum absolute atomic E-state index is 12.9. The number of carbonyl (C=O) groups excluding carboxylic acids is 1. The number of hydrogen-bond donors (Lipinski definition) is 2. The fourth-order valence-corrected chi connectivity index (χ4v) is 3.03. The average molecular weight is 437 g/mol. The number of carbonyl (C=O) groups is 2. The van der Waals surface area contributed by atoms with Gasteiger partial charge in [-0.1, -0.05) is 38.1 Å². The summed E-state index contributed by atoms with van der Waals surface area (Å²) in [6.07, 6.45) is -5.23. The molecule has 0 aliphatic carbocycles. The molecule has 168 valence electrons. The molecule has 0 saturated carbocycles. The Bertz CT molecular complexity index is 904. The van der Waals surface area contributed by atoms with Gasteiger partial charge in [-0.3, -0.25) is 4.79 Å². The van der Waals surface area contributed by atoms with E-state index in [1.165, 1.54) is 24.3 Å². The number of rotatable bonds is 8. The first-order valence-electron chi connectivity index (χ1n) is 9.75. The number of carboxylic acid groups (broad SMARTS) is 1. The van der Waals surface area contributed by atoms with Crippen molar-refractivity contribution in [1.29, 1.82) is 0 Å². The van der Waals surface area contributed by atoms with Crippen LogP contribution >= 0.6 is 0 Å². The molecule has 0 aliphatic heterocycles. The molecule has 0 saturated heterocycles. The molecule has 0 heterocycles. The van der Waals surface area contributed by atoms with Gasteiger partial charge in [0.15, 0.2) is 0 Å². The lowest BCUT2D eigenvalue weighted by molar-refractivity contribution is -0.138. The summed E-state index contributed by atoms with van der Waals surface area (Å²) < 4.78 is 43.8. The first-order chi connectivity index (χ1) is 14.3. The van der Waals surface area contributed by atoms with Gasteiger partial charge < -0.3 is 15.2 Å². The van der Waals surface area contributed by atoms with E-state index in [4.69, 9.17) is 9.84 Å². The Hall–Kier alpha value is -2.87. The zero-order chi connectivity index (χ0) is 23.4. The summed E-state index contributed by atoms with van der Waals surface area (Å²) in [5.41, 5.74) is -0.152. The van der Waals surface area contributed by atoms with Gasteiger partial charge in [-0.05, 0) is 55.2 Å². The number of alkyl halides is 3. The molecule has 0 radical (unpaired) electrons. The number of halogens is 3. The number of nitrogens with one attached hydrogen (secondary N) is 1. The molecular weight excluding hydrogens is 411 g/mol. The molecule has 1 amide bonds. The minimum atomic E-state index is -4.41. The van der Waals surface area contributed by atoms with Crippen molar-refractivity contribution >= 4 is 11.9 Å². The quantitative estimate of drug-likeness (QED) is 0.610. The fourth-order valence-electron chi connectivity index (χ4n) is 3.03. The Morgan fingerprint density at radius 2 is 1.48 bits per heavy atom. The number of amides is 1. The highest BCUT2D eigenvalue weighted by molar-refractivity contribution is 5.87. The molecule has 0 aromatic heterocycles. The standard InChI is InChI=1S/C23H26F3NO4/c1-14(2)19(31-13-15-5-9-18(10-6-15)23(24,25)26)20(28)27-22(3,4)17-11-7-16(8-12-17)21(29)30/h5-12,14,19H,13H2,1-4H3,(H,27,28)(H,29,30). The molecular formula is C23H26F3NO4. The van der Waals surface area contributed by atoms with Gasteiger partial charge >= 0.3 is 12.1 Å². The van der Waals surface area contributed by atoms with Crippen LogP contribution in [0.3, 0.4) is 0 Å². The second-order valence-corrected chi connectivity index (χ2v) is 8.17. The van der Waals surface area contributed by atoms with Crippen molar-refractivity contribution in [3.05, 3.63) is 70.8 Å². The Kier molecular flexibility index (Phi) is 7.49. The van der Waals surface area contributed by atoms with E-state index in [-0.39, 0.29) is 24.0 Å². The average Bonchev–Trinajstić information content (AvgIpc) is 2.67. The summed E-state index contributed by atoms with van der Waals surface area (Å²) in [4.78, 5) is 23.9. The van der Waals surface area contributed by atoms with E-state index in [1.807, 2.05) is 13.8 Å². The minimum absolute atomic E-state index is 0.0118. The highest BCUT2D eigenvalue weighted by atomic mass is 19.4. The summed E-state index contributed by atoms with van der Waals surface area (Å²) >= 11 is 0. The topological polar surface area (TPSA) is 75.6 Å². The van der Waals surface area contributed by atoms with E-state index in [0.717, 1.165) is 17.7 Å². The maximum atomic E-state index is 12.9. The fraction of sp³-hybridized carbons (Fsp3) is 0.391. The van der Waals surface area contributed by atoms with E-state index in [2.05, 4.69) is 5.32 Å². The molecule has 5 nitrogen and oxygen atoms in total. The molecule has 2 N–H and O–H groups in total. The molecule has 8 heteroatoms. The van der Waals surface area contributed by atoms with Crippen molar-refractivity contribution in [2.24, 2.45) is 5.92 Å². The molecule has 0 spiro atoms. The molecule has 2 rings (SSSR count). The number of benzene rings is 2. The minimum Gasteiger partial charge on any atom is -0.478 e. The van der Waals surface area contributed by atoms with E-state index >= 15 is 0 Å². The molecule has 31 heavy (non-hydrogen) atoms. The third-order valence-corrected chi connectivity index (χ3v) is 4.86. The zero-order valence-electron chi connectivity index (χ0n) is 17.8. The van der Waals surface area contributed by atoms with Crippen molar-refractivity contribution in [3.63, 3.8) is 0 Å². The van der Waals surface area contributed by atoms with Crippen LogP contribution in [0, 0.1) is 5.92 Å². The molecule has 2 aromatic rings. The van der Waals surface area contributed by atoms with Crippen molar-refractivity contribution in [1.82, 2.24) is 5.32 Å². The highest BCUT2D eigenvalue weighted by Gasteiger charge is 2.31. The van der Waals surface area contributed by atoms with Gasteiger partial charge in [0, 0.05) is 0 Å². The van der Waals surface area contributed by atoms with Gasteiger partial charge in [0.05, 0.1) is 23.3 Å². The summed E-state index contributed by atoms with van der Waals surface area (Å²) in [5, 5.41) is 11.9. The Labute approximate surface area is 179 Å². The van der Waals surface area contributed by atoms with Crippen molar-refractivity contribution < 1.29 is 32.6 Å². The SMILES string of the molecule is CC(C)C(OCc1ccc(C(F)(F)F)cc1)C(=O)NC(C)(C)c1ccc(C(=O)O)cc1. The lowest BCUT2D eigenvalue weighted by Gasteiger charge is -2.30. The van der Waals surface area contributed by atoms with Gasteiger partial charge in [-0.15, -0.1) is 0 Å².